The SMILES string of the molecule is CCCOCc1ccccc1CNC(=O)c1ccc(-n2cccn2)cc1. The number of carbonyl (C=O) groups excluding carboxylic acids is 1. The van der Waals surface area contributed by atoms with Crippen molar-refractivity contribution >= 4 is 5.91 Å². The summed E-state index contributed by atoms with van der Waals surface area (Å²) >= 11 is 0. The van der Waals surface area contributed by atoms with Crippen molar-refractivity contribution in [2.45, 2.75) is 26.5 Å². The first kappa shape index (κ1) is 17.9. The Kier molecular flexibility index (Phi) is 6.17. The molecule has 0 aliphatic rings. The van der Waals surface area contributed by atoms with Gasteiger partial charge in [-0.1, -0.05) is 31.2 Å². The number of carbonyl (C=O) groups is 1. The van der Waals surface area contributed by atoms with E-state index in [4.69, 9.17) is 4.74 Å². The number of ether oxygens (including phenoxy) is 1. The third-order valence-corrected chi connectivity index (χ3v) is 4.06. The van der Waals surface area contributed by atoms with Crippen LogP contribution < -0.4 is 5.32 Å². The summed E-state index contributed by atoms with van der Waals surface area (Å²) < 4.78 is 7.39. The van der Waals surface area contributed by atoms with E-state index in [1.807, 2.05) is 60.8 Å². The summed E-state index contributed by atoms with van der Waals surface area (Å²) in [4.78, 5) is 12.4. The van der Waals surface area contributed by atoms with E-state index in [0.29, 0.717) is 18.7 Å². The van der Waals surface area contributed by atoms with Gasteiger partial charge in [0.2, 0.25) is 0 Å². The fraction of sp³-hybridized carbons (Fsp3) is 0.238. The molecule has 3 aromatic rings. The Morgan fingerprint density at radius 3 is 2.54 bits per heavy atom. The van der Waals surface area contributed by atoms with Gasteiger partial charge in [-0.3, -0.25) is 4.79 Å². The summed E-state index contributed by atoms with van der Waals surface area (Å²) in [6, 6.07) is 17.3. The van der Waals surface area contributed by atoms with E-state index >= 15 is 0 Å². The van der Waals surface area contributed by atoms with Gasteiger partial charge in [-0.15, -0.1) is 0 Å². The van der Waals surface area contributed by atoms with Crippen LogP contribution in [0.3, 0.4) is 0 Å². The Labute approximate surface area is 153 Å². The molecule has 0 bridgehead atoms. The van der Waals surface area contributed by atoms with E-state index in [-0.39, 0.29) is 5.91 Å². The summed E-state index contributed by atoms with van der Waals surface area (Å²) in [5.74, 6) is -0.0960. The Balaban J connectivity index is 1.60. The average Bonchev–Trinajstić information content (AvgIpc) is 3.22. The highest BCUT2D eigenvalue weighted by Crippen LogP contribution is 2.12. The molecule has 0 radical (unpaired) electrons. The summed E-state index contributed by atoms with van der Waals surface area (Å²) in [5.41, 5.74) is 3.73. The molecule has 5 nitrogen and oxygen atoms in total. The predicted molar refractivity (Wildman–Crippen MR) is 101 cm³/mol. The lowest BCUT2D eigenvalue weighted by Gasteiger charge is -2.11. The van der Waals surface area contributed by atoms with Gasteiger partial charge in [-0.05, 0) is 47.9 Å². The molecule has 0 saturated carbocycles. The van der Waals surface area contributed by atoms with Crippen molar-refractivity contribution in [3.8, 4) is 5.69 Å². The second-order valence-electron chi connectivity index (χ2n) is 6.00. The summed E-state index contributed by atoms with van der Waals surface area (Å²) in [6.45, 7) is 3.87. The van der Waals surface area contributed by atoms with Gasteiger partial charge in [0.25, 0.3) is 5.91 Å². The zero-order chi connectivity index (χ0) is 18.2. The van der Waals surface area contributed by atoms with Crippen LogP contribution in [-0.2, 0) is 17.9 Å². The molecule has 5 heteroatoms. The first-order chi connectivity index (χ1) is 12.8. The minimum absolute atomic E-state index is 0.0960. The van der Waals surface area contributed by atoms with Crippen molar-refractivity contribution in [1.29, 1.82) is 0 Å². The minimum atomic E-state index is -0.0960. The Bertz CT molecular complexity index is 827. The maximum absolute atomic E-state index is 12.4. The van der Waals surface area contributed by atoms with Crippen LogP contribution in [0.15, 0.2) is 67.0 Å². The molecule has 0 aliphatic carbocycles. The molecule has 1 aromatic heterocycles. The lowest BCUT2D eigenvalue weighted by Crippen LogP contribution is -2.23. The van der Waals surface area contributed by atoms with Gasteiger partial charge in [0.1, 0.15) is 0 Å². The van der Waals surface area contributed by atoms with Crippen LogP contribution >= 0.6 is 0 Å². The normalized spacial score (nSPS) is 10.7. The van der Waals surface area contributed by atoms with Crippen molar-refractivity contribution in [2.75, 3.05) is 6.61 Å². The molecule has 0 fully saturated rings. The maximum atomic E-state index is 12.4. The first-order valence-electron chi connectivity index (χ1n) is 8.80. The molecule has 0 unspecified atom stereocenters. The molecule has 26 heavy (non-hydrogen) atoms. The molecule has 134 valence electrons. The Morgan fingerprint density at radius 2 is 1.85 bits per heavy atom. The Hall–Kier alpha value is -2.92. The third-order valence-electron chi connectivity index (χ3n) is 4.06. The lowest BCUT2D eigenvalue weighted by atomic mass is 10.1. The van der Waals surface area contributed by atoms with E-state index in [1.165, 1.54) is 0 Å². The molecule has 0 saturated heterocycles. The molecule has 3 rings (SSSR count). The van der Waals surface area contributed by atoms with Gasteiger partial charge in [-0.2, -0.15) is 5.10 Å². The molecule has 1 N–H and O–H groups in total. The van der Waals surface area contributed by atoms with E-state index in [1.54, 1.807) is 10.9 Å². The smallest absolute Gasteiger partial charge is 0.251 e. The fourth-order valence-corrected chi connectivity index (χ4v) is 2.66. The zero-order valence-electron chi connectivity index (χ0n) is 14.9. The topological polar surface area (TPSA) is 56.1 Å². The minimum Gasteiger partial charge on any atom is -0.377 e. The fourth-order valence-electron chi connectivity index (χ4n) is 2.66. The highest BCUT2D eigenvalue weighted by molar-refractivity contribution is 5.94. The van der Waals surface area contributed by atoms with E-state index in [9.17, 15) is 4.79 Å². The second kappa shape index (κ2) is 8.97. The predicted octanol–water partition coefficient (Wildman–Crippen LogP) is 3.73. The quantitative estimate of drug-likeness (QED) is 0.631. The zero-order valence-corrected chi connectivity index (χ0v) is 14.9. The van der Waals surface area contributed by atoms with Crippen molar-refractivity contribution in [2.24, 2.45) is 0 Å². The number of amides is 1. The van der Waals surface area contributed by atoms with Gasteiger partial charge in [0.15, 0.2) is 0 Å². The van der Waals surface area contributed by atoms with Gasteiger partial charge in [0, 0.05) is 31.1 Å². The van der Waals surface area contributed by atoms with Crippen LogP contribution in [0.5, 0.6) is 0 Å². The number of aromatic nitrogens is 2. The summed E-state index contributed by atoms with van der Waals surface area (Å²) in [6.07, 6.45) is 4.59. The largest absolute Gasteiger partial charge is 0.377 e. The first-order valence-corrected chi connectivity index (χ1v) is 8.80. The van der Waals surface area contributed by atoms with Crippen molar-refractivity contribution in [1.82, 2.24) is 15.1 Å². The third kappa shape index (κ3) is 4.58. The highest BCUT2D eigenvalue weighted by Gasteiger charge is 2.08. The molecule has 1 heterocycles. The van der Waals surface area contributed by atoms with Crippen molar-refractivity contribution in [3.63, 3.8) is 0 Å². The summed E-state index contributed by atoms with van der Waals surface area (Å²) in [7, 11) is 0. The summed E-state index contributed by atoms with van der Waals surface area (Å²) in [5, 5.41) is 7.16. The maximum Gasteiger partial charge on any atom is 0.251 e. The van der Waals surface area contributed by atoms with E-state index < -0.39 is 0 Å². The van der Waals surface area contributed by atoms with Crippen LogP contribution in [0.1, 0.15) is 34.8 Å². The number of hydrogen-bond donors (Lipinski definition) is 1. The molecular formula is C21H23N3O2. The monoisotopic (exact) mass is 349 g/mol. The number of rotatable bonds is 8. The van der Waals surface area contributed by atoms with Crippen LogP contribution in [0, 0.1) is 0 Å². The van der Waals surface area contributed by atoms with Gasteiger partial charge >= 0.3 is 0 Å². The second-order valence-corrected chi connectivity index (χ2v) is 6.00. The molecule has 0 aliphatic heterocycles. The number of hydrogen-bond acceptors (Lipinski definition) is 3. The van der Waals surface area contributed by atoms with Crippen LogP contribution in [-0.4, -0.2) is 22.3 Å². The molecular weight excluding hydrogens is 326 g/mol. The molecule has 0 spiro atoms. The lowest BCUT2D eigenvalue weighted by molar-refractivity contribution is 0.0949. The standard InChI is InChI=1S/C21H23N3O2/c1-2-14-26-16-19-7-4-3-6-18(19)15-22-21(25)17-8-10-20(11-9-17)24-13-5-12-23-24/h3-13H,2,14-16H2,1H3,(H,22,25). The van der Waals surface area contributed by atoms with Crippen molar-refractivity contribution in [3.05, 3.63) is 83.7 Å². The van der Waals surface area contributed by atoms with Crippen molar-refractivity contribution < 1.29 is 9.53 Å². The molecule has 2 aromatic carbocycles. The molecule has 0 atom stereocenters. The van der Waals surface area contributed by atoms with E-state index in [0.717, 1.165) is 29.8 Å². The number of nitrogens with zero attached hydrogens (tertiary/aromatic N) is 2. The highest BCUT2D eigenvalue weighted by atomic mass is 16.5. The van der Waals surface area contributed by atoms with Crippen LogP contribution in [0.25, 0.3) is 5.69 Å². The van der Waals surface area contributed by atoms with Crippen LogP contribution in [0.2, 0.25) is 0 Å². The van der Waals surface area contributed by atoms with Crippen LogP contribution in [0.4, 0.5) is 0 Å². The van der Waals surface area contributed by atoms with E-state index in [2.05, 4.69) is 17.3 Å². The van der Waals surface area contributed by atoms with Gasteiger partial charge < -0.3 is 10.1 Å². The number of benzene rings is 2. The molecule has 1 amide bonds. The number of nitrogens with one attached hydrogen (secondary N) is 1. The van der Waals surface area contributed by atoms with Gasteiger partial charge in [-0.25, -0.2) is 4.68 Å². The Morgan fingerprint density at radius 1 is 1.08 bits per heavy atom. The van der Waals surface area contributed by atoms with Gasteiger partial charge in [0.05, 0.1) is 12.3 Å². The average molecular weight is 349 g/mol.